The predicted molar refractivity (Wildman–Crippen MR) is 65.3 cm³/mol. The van der Waals surface area contributed by atoms with Crippen LogP contribution >= 0.6 is 0 Å². The van der Waals surface area contributed by atoms with Crippen molar-refractivity contribution in [3.63, 3.8) is 0 Å². The Morgan fingerprint density at radius 1 is 1.47 bits per heavy atom. The molecule has 0 fully saturated rings. The lowest BCUT2D eigenvalue weighted by Gasteiger charge is -2.17. The standard InChI is InChI=1S/C12H16F3N3O/c1-3-7(2)10(16)11(19)18-8-4-5-9(17-6-8)12(13,14)15/h4-7,10H,3,16H2,1-2H3,(H,18,19). The summed E-state index contributed by atoms with van der Waals surface area (Å²) < 4.78 is 36.9. The highest BCUT2D eigenvalue weighted by Gasteiger charge is 2.32. The molecule has 7 heteroatoms. The molecule has 2 unspecified atom stereocenters. The molecular formula is C12H16F3N3O. The zero-order chi connectivity index (χ0) is 14.6. The number of nitrogens with zero attached hydrogens (tertiary/aromatic N) is 1. The molecule has 0 saturated carbocycles. The van der Waals surface area contributed by atoms with Crippen LogP contribution in [0.2, 0.25) is 0 Å². The molecule has 0 aliphatic heterocycles. The third-order valence-electron chi connectivity index (χ3n) is 2.88. The molecule has 0 bridgehead atoms. The number of carbonyl (C=O) groups excluding carboxylic acids is 1. The number of aromatic nitrogens is 1. The van der Waals surface area contributed by atoms with Gasteiger partial charge < -0.3 is 11.1 Å². The average molecular weight is 275 g/mol. The molecule has 0 radical (unpaired) electrons. The Morgan fingerprint density at radius 3 is 2.53 bits per heavy atom. The predicted octanol–water partition coefficient (Wildman–Crippen LogP) is 2.41. The quantitative estimate of drug-likeness (QED) is 0.886. The van der Waals surface area contributed by atoms with Crippen LogP contribution in [-0.4, -0.2) is 16.9 Å². The van der Waals surface area contributed by atoms with E-state index in [1.165, 1.54) is 0 Å². The smallest absolute Gasteiger partial charge is 0.323 e. The number of hydrogen-bond donors (Lipinski definition) is 2. The van der Waals surface area contributed by atoms with Gasteiger partial charge in [0.25, 0.3) is 0 Å². The maximum atomic E-state index is 12.3. The molecule has 1 amide bonds. The molecule has 106 valence electrons. The number of pyridine rings is 1. The van der Waals surface area contributed by atoms with Gasteiger partial charge in [0.1, 0.15) is 5.69 Å². The molecule has 1 heterocycles. The molecule has 0 saturated heterocycles. The van der Waals surface area contributed by atoms with Gasteiger partial charge >= 0.3 is 6.18 Å². The minimum Gasteiger partial charge on any atom is -0.323 e. The van der Waals surface area contributed by atoms with E-state index >= 15 is 0 Å². The summed E-state index contributed by atoms with van der Waals surface area (Å²) >= 11 is 0. The summed E-state index contributed by atoms with van der Waals surface area (Å²) in [6.07, 6.45) is -2.79. The summed E-state index contributed by atoms with van der Waals surface area (Å²) in [5.41, 5.74) is 4.89. The summed E-state index contributed by atoms with van der Waals surface area (Å²) in [7, 11) is 0. The number of anilines is 1. The van der Waals surface area contributed by atoms with E-state index in [1.807, 2.05) is 13.8 Å². The third kappa shape index (κ3) is 4.20. The number of rotatable bonds is 4. The number of hydrogen-bond acceptors (Lipinski definition) is 3. The molecule has 0 aliphatic carbocycles. The van der Waals surface area contributed by atoms with Crippen LogP contribution in [0.3, 0.4) is 0 Å². The maximum absolute atomic E-state index is 12.3. The van der Waals surface area contributed by atoms with Crippen molar-refractivity contribution < 1.29 is 18.0 Å². The lowest BCUT2D eigenvalue weighted by Crippen LogP contribution is -2.40. The Bertz CT molecular complexity index is 431. The Hall–Kier alpha value is -1.63. The van der Waals surface area contributed by atoms with Gasteiger partial charge in [-0.25, -0.2) is 4.98 Å². The fourth-order valence-corrected chi connectivity index (χ4v) is 1.37. The number of alkyl halides is 3. The lowest BCUT2D eigenvalue weighted by molar-refractivity contribution is -0.141. The Balaban J connectivity index is 2.71. The Labute approximate surface area is 109 Å². The summed E-state index contributed by atoms with van der Waals surface area (Å²) in [5.74, 6) is -0.446. The zero-order valence-electron chi connectivity index (χ0n) is 10.7. The monoisotopic (exact) mass is 275 g/mol. The van der Waals surface area contributed by atoms with E-state index in [4.69, 9.17) is 5.73 Å². The van der Waals surface area contributed by atoms with Gasteiger partial charge in [-0.1, -0.05) is 20.3 Å². The molecule has 2 atom stereocenters. The number of amides is 1. The molecule has 0 aromatic carbocycles. The van der Waals surface area contributed by atoms with Crippen molar-refractivity contribution in [2.24, 2.45) is 11.7 Å². The second-order valence-corrected chi connectivity index (χ2v) is 4.33. The van der Waals surface area contributed by atoms with E-state index in [0.29, 0.717) is 0 Å². The number of nitrogens with one attached hydrogen (secondary N) is 1. The van der Waals surface area contributed by atoms with Crippen molar-refractivity contribution in [3.05, 3.63) is 24.0 Å². The first kappa shape index (κ1) is 15.4. The van der Waals surface area contributed by atoms with E-state index in [2.05, 4.69) is 10.3 Å². The van der Waals surface area contributed by atoms with E-state index < -0.39 is 23.8 Å². The first-order valence-corrected chi connectivity index (χ1v) is 5.85. The molecule has 0 spiro atoms. The molecule has 19 heavy (non-hydrogen) atoms. The number of nitrogens with two attached hydrogens (primary N) is 1. The van der Waals surface area contributed by atoms with Crippen LogP contribution in [0.5, 0.6) is 0 Å². The first-order valence-electron chi connectivity index (χ1n) is 5.85. The van der Waals surface area contributed by atoms with Gasteiger partial charge in [0, 0.05) is 0 Å². The van der Waals surface area contributed by atoms with Gasteiger partial charge in [-0.2, -0.15) is 13.2 Å². The molecule has 1 rings (SSSR count). The van der Waals surface area contributed by atoms with Gasteiger partial charge in [-0.05, 0) is 18.1 Å². The Kier molecular flexibility index (Phi) is 4.88. The lowest BCUT2D eigenvalue weighted by atomic mass is 9.99. The summed E-state index contributed by atoms with van der Waals surface area (Å²) in [6, 6.07) is 1.26. The van der Waals surface area contributed by atoms with Crippen molar-refractivity contribution in [1.29, 1.82) is 0 Å². The van der Waals surface area contributed by atoms with Crippen LogP contribution in [-0.2, 0) is 11.0 Å². The summed E-state index contributed by atoms with van der Waals surface area (Å²) in [6.45, 7) is 3.73. The molecular weight excluding hydrogens is 259 g/mol. The minimum atomic E-state index is -4.49. The van der Waals surface area contributed by atoms with Crippen molar-refractivity contribution in [3.8, 4) is 0 Å². The van der Waals surface area contributed by atoms with Crippen LogP contribution in [0, 0.1) is 5.92 Å². The minimum absolute atomic E-state index is 0.0117. The summed E-state index contributed by atoms with van der Waals surface area (Å²) in [4.78, 5) is 15.0. The highest BCUT2D eigenvalue weighted by molar-refractivity contribution is 5.94. The fraction of sp³-hybridized carbons (Fsp3) is 0.500. The van der Waals surface area contributed by atoms with E-state index in [9.17, 15) is 18.0 Å². The Morgan fingerprint density at radius 2 is 2.11 bits per heavy atom. The van der Waals surface area contributed by atoms with Crippen molar-refractivity contribution >= 4 is 11.6 Å². The first-order chi connectivity index (χ1) is 8.75. The average Bonchev–Trinajstić information content (AvgIpc) is 2.36. The van der Waals surface area contributed by atoms with Crippen molar-refractivity contribution in [1.82, 2.24) is 4.98 Å². The van der Waals surface area contributed by atoms with Crippen molar-refractivity contribution in [2.45, 2.75) is 32.5 Å². The van der Waals surface area contributed by atoms with Crippen LogP contribution in [0.1, 0.15) is 26.0 Å². The van der Waals surface area contributed by atoms with Gasteiger partial charge in [-0.3, -0.25) is 4.79 Å². The molecule has 0 aliphatic rings. The highest BCUT2D eigenvalue weighted by Crippen LogP contribution is 2.27. The molecule has 3 N–H and O–H groups in total. The topological polar surface area (TPSA) is 68.0 Å². The van der Waals surface area contributed by atoms with Gasteiger partial charge in [0.2, 0.25) is 5.91 Å². The SMILES string of the molecule is CCC(C)C(N)C(=O)Nc1ccc(C(F)(F)F)nc1. The van der Waals surface area contributed by atoms with Gasteiger partial charge in [-0.15, -0.1) is 0 Å². The summed E-state index contributed by atoms with van der Waals surface area (Å²) in [5, 5.41) is 2.44. The number of carbonyl (C=O) groups is 1. The second kappa shape index (κ2) is 6.01. The van der Waals surface area contributed by atoms with Gasteiger partial charge in [0.05, 0.1) is 17.9 Å². The second-order valence-electron chi connectivity index (χ2n) is 4.33. The number of halogens is 3. The highest BCUT2D eigenvalue weighted by atomic mass is 19.4. The fourth-order valence-electron chi connectivity index (χ4n) is 1.37. The van der Waals surface area contributed by atoms with Crippen molar-refractivity contribution in [2.75, 3.05) is 5.32 Å². The third-order valence-corrected chi connectivity index (χ3v) is 2.88. The molecule has 4 nitrogen and oxygen atoms in total. The van der Waals surface area contributed by atoms with E-state index in [1.54, 1.807) is 0 Å². The van der Waals surface area contributed by atoms with Gasteiger partial charge in [0.15, 0.2) is 0 Å². The van der Waals surface area contributed by atoms with Crippen LogP contribution in [0.15, 0.2) is 18.3 Å². The molecule has 1 aromatic heterocycles. The largest absolute Gasteiger partial charge is 0.433 e. The van der Waals surface area contributed by atoms with Crippen LogP contribution in [0.4, 0.5) is 18.9 Å². The molecule has 1 aromatic rings. The van der Waals surface area contributed by atoms with E-state index in [-0.39, 0.29) is 11.6 Å². The van der Waals surface area contributed by atoms with E-state index in [0.717, 1.165) is 24.8 Å². The maximum Gasteiger partial charge on any atom is 0.433 e. The van der Waals surface area contributed by atoms with Crippen LogP contribution in [0.25, 0.3) is 0 Å². The van der Waals surface area contributed by atoms with Crippen LogP contribution < -0.4 is 11.1 Å². The zero-order valence-corrected chi connectivity index (χ0v) is 10.7. The normalized spacial score (nSPS) is 14.8.